The zero-order chi connectivity index (χ0) is 26.9. The minimum absolute atomic E-state index is 0.0791. The number of carbonyl (C=O) groups excluding carboxylic acids is 2. The Bertz CT molecular complexity index is 1230. The number of rotatable bonds is 9. The Morgan fingerprint density at radius 1 is 1.16 bits per heavy atom. The number of likely N-dealkylation sites (tertiary alicyclic amines) is 1. The second-order valence-electron chi connectivity index (χ2n) is 10.3. The average molecular weight is 528 g/mol. The fourth-order valence-corrected chi connectivity index (χ4v) is 5.30. The third kappa shape index (κ3) is 5.85. The van der Waals surface area contributed by atoms with E-state index < -0.39 is 30.3 Å². The van der Waals surface area contributed by atoms with Gasteiger partial charge in [0.05, 0.1) is 11.7 Å². The first-order valence-electron chi connectivity index (χ1n) is 13.2. The summed E-state index contributed by atoms with van der Waals surface area (Å²) in [5.74, 6) is 0.264. The van der Waals surface area contributed by atoms with Gasteiger partial charge in [0, 0.05) is 31.6 Å². The summed E-state index contributed by atoms with van der Waals surface area (Å²) in [6, 6.07) is 12.7. The molecule has 2 aromatic carbocycles. The van der Waals surface area contributed by atoms with Crippen molar-refractivity contribution < 1.29 is 22.8 Å². The normalized spacial score (nSPS) is 20.6. The summed E-state index contributed by atoms with van der Waals surface area (Å²) in [5, 5.41) is 7.72. The molecular formula is C28H32F3N5O2. The highest BCUT2D eigenvalue weighted by Crippen LogP contribution is 2.39. The van der Waals surface area contributed by atoms with Crippen LogP contribution >= 0.6 is 0 Å². The lowest BCUT2D eigenvalue weighted by Gasteiger charge is -2.29. The van der Waals surface area contributed by atoms with Crippen LogP contribution in [0.2, 0.25) is 0 Å². The van der Waals surface area contributed by atoms with Crippen molar-refractivity contribution in [2.75, 3.05) is 16.9 Å². The van der Waals surface area contributed by atoms with E-state index in [1.54, 1.807) is 30.3 Å². The minimum atomic E-state index is -4.64. The number of nitrogens with two attached hydrogens (primary N) is 1. The van der Waals surface area contributed by atoms with E-state index in [0.29, 0.717) is 30.3 Å². The lowest BCUT2D eigenvalue weighted by Crippen LogP contribution is -2.39. The molecule has 2 amide bonds. The molecule has 2 unspecified atom stereocenters. The van der Waals surface area contributed by atoms with Gasteiger partial charge in [0.15, 0.2) is 0 Å². The lowest BCUT2D eigenvalue weighted by molar-refractivity contribution is -0.130. The van der Waals surface area contributed by atoms with E-state index in [2.05, 4.69) is 10.4 Å². The van der Waals surface area contributed by atoms with Crippen LogP contribution in [-0.2, 0) is 16.1 Å². The van der Waals surface area contributed by atoms with E-state index in [4.69, 9.17) is 5.73 Å². The Hall–Kier alpha value is -3.40. The highest BCUT2D eigenvalue weighted by molar-refractivity contribution is 6.04. The fourth-order valence-electron chi connectivity index (χ4n) is 5.30. The summed E-state index contributed by atoms with van der Waals surface area (Å²) in [6.45, 7) is 0.920. The van der Waals surface area contributed by atoms with Crippen LogP contribution in [0.3, 0.4) is 0 Å². The minimum Gasteiger partial charge on any atom is -0.336 e. The quantitative estimate of drug-likeness (QED) is 0.473. The van der Waals surface area contributed by atoms with Gasteiger partial charge in [-0.3, -0.25) is 14.6 Å². The number of anilines is 2. The highest BCUT2D eigenvalue weighted by atomic mass is 19.4. The lowest BCUT2D eigenvalue weighted by atomic mass is 9.98. The van der Waals surface area contributed by atoms with Gasteiger partial charge in [0.1, 0.15) is 11.8 Å². The molecule has 2 aromatic rings. The predicted octanol–water partition coefficient (Wildman–Crippen LogP) is 5.13. The molecule has 2 atom stereocenters. The first-order valence-corrected chi connectivity index (χ1v) is 13.2. The predicted molar refractivity (Wildman–Crippen MR) is 139 cm³/mol. The van der Waals surface area contributed by atoms with Gasteiger partial charge in [-0.2, -0.15) is 18.3 Å². The van der Waals surface area contributed by atoms with Crippen molar-refractivity contribution in [1.82, 2.24) is 4.90 Å². The Balaban J connectivity index is 1.37. The van der Waals surface area contributed by atoms with Crippen molar-refractivity contribution in [3.8, 4) is 0 Å². The molecule has 3 aliphatic rings. The zero-order valence-corrected chi connectivity index (χ0v) is 21.1. The Kier molecular flexibility index (Phi) is 7.43. The van der Waals surface area contributed by atoms with E-state index in [9.17, 15) is 22.8 Å². The summed E-state index contributed by atoms with van der Waals surface area (Å²) in [6.07, 6.45) is 0.520. The molecule has 0 spiro atoms. The highest BCUT2D eigenvalue weighted by Gasteiger charge is 2.45. The largest absolute Gasteiger partial charge is 0.431 e. The number of nitrogens with zero attached hydrogens (tertiary/aromatic N) is 3. The molecule has 2 aliphatic heterocycles. The molecule has 3 N–H and O–H groups in total. The van der Waals surface area contributed by atoms with Crippen molar-refractivity contribution in [2.45, 2.75) is 69.8 Å². The monoisotopic (exact) mass is 527 g/mol. The number of nitrogens with one attached hydrogen (secondary N) is 1. The van der Waals surface area contributed by atoms with Gasteiger partial charge < -0.3 is 16.0 Å². The van der Waals surface area contributed by atoms with Crippen molar-refractivity contribution in [3.05, 3.63) is 59.7 Å². The second-order valence-corrected chi connectivity index (χ2v) is 10.3. The third-order valence-electron chi connectivity index (χ3n) is 7.52. The van der Waals surface area contributed by atoms with Crippen LogP contribution < -0.4 is 16.1 Å². The molecule has 5 rings (SSSR count). The van der Waals surface area contributed by atoms with Crippen LogP contribution in [0.1, 0.15) is 62.1 Å². The summed E-state index contributed by atoms with van der Waals surface area (Å²) < 4.78 is 40.7. The van der Waals surface area contributed by atoms with Crippen molar-refractivity contribution >= 4 is 28.9 Å². The zero-order valence-electron chi connectivity index (χ0n) is 21.1. The Morgan fingerprint density at radius 2 is 1.95 bits per heavy atom. The molecule has 0 aromatic heterocycles. The van der Waals surface area contributed by atoms with Crippen molar-refractivity contribution in [1.29, 1.82) is 0 Å². The van der Waals surface area contributed by atoms with Gasteiger partial charge in [-0.25, -0.2) is 0 Å². The van der Waals surface area contributed by atoms with E-state index >= 15 is 0 Å². The summed E-state index contributed by atoms with van der Waals surface area (Å²) >= 11 is 0. The van der Waals surface area contributed by atoms with E-state index in [1.165, 1.54) is 12.8 Å². The van der Waals surface area contributed by atoms with Gasteiger partial charge in [0.25, 0.3) is 0 Å². The summed E-state index contributed by atoms with van der Waals surface area (Å²) in [4.78, 5) is 27.8. The molecule has 0 radical (unpaired) electrons. The number of hydrogen-bond acceptors (Lipinski definition) is 5. The molecule has 7 nitrogen and oxygen atoms in total. The third-order valence-corrected chi connectivity index (χ3v) is 7.52. The number of halogens is 3. The average Bonchev–Trinajstić information content (AvgIpc) is 3.44. The maximum Gasteiger partial charge on any atom is 0.431 e. The molecule has 10 heteroatoms. The maximum absolute atomic E-state index is 13.6. The number of hydrogen-bond donors (Lipinski definition) is 2. The standard InChI is InChI=1S/C28H32F3N5O2/c29-28(30,31)25-16-24(36(34-25)22-7-1-4-19(14-22)17-32)27(38)33-21-6-2-5-20(15-21)23(12-11-18-9-10-18)35-13-3-8-26(35)37/h1-2,4-7,14-15,18,23-24H,3,8-13,16-17,32H2,(H,33,38). The Labute approximate surface area is 219 Å². The number of carbonyl (C=O) groups is 2. The van der Waals surface area contributed by atoms with Gasteiger partial charge in [-0.15, -0.1) is 0 Å². The van der Waals surface area contributed by atoms with Gasteiger partial charge in [-0.1, -0.05) is 37.1 Å². The van der Waals surface area contributed by atoms with E-state index in [1.807, 2.05) is 23.1 Å². The van der Waals surface area contributed by atoms with Crippen molar-refractivity contribution in [3.63, 3.8) is 0 Å². The fraction of sp³-hybridized carbons (Fsp3) is 0.464. The molecule has 2 heterocycles. The molecule has 1 saturated heterocycles. The van der Waals surface area contributed by atoms with Crippen LogP contribution in [0.5, 0.6) is 0 Å². The first kappa shape index (κ1) is 26.2. The van der Waals surface area contributed by atoms with Gasteiger partial charge in [-0.05, 0) is 60.6 Å². The summed E-state index contributed by atoms with van der Waals surface area (Å²) in [7, 11) is 0. The second kappa shape index (κ2) is 10.8. The van der Waals surface area contributed by atoms with E-state index in [-0.39, 0.29) is 18.5 Å². The van der Waals surface area contributed by atoms with Crippen LogP contribution in [-0.4, -0.2) is 41.2 Å². The van der Waals surface area contributed by atoms with Crippen molar-refractivity contribution in [2.24, 2.45) is 16.8 Å². The molecular weight excluding hydrogens is 495 g/mol. The molecule has 0 bridgehead atoms. The van der Waals surface area contributed by atoms with Crippen LogP contribution in [0, 0.1) is 5.92 Å². The maximum atomic E-state index is 13.6. The summed E-state index contributed by atoms with van der Waals surface area (Å²) in [5.41, 5.74) is 7.19. The molecule has 38 heavy (non-hydrogen) atoms. The van der Waals surface area contributed by atoms with Crippen LogP contribution in [0.15, 0.2) is 53.6 Å². The molecule has 202 valence electrons. The number of amides is 2. The van der Waals surface area contributed by atoms with Crippen LogP contribution in [0.4, 0.5) is 24.5 Å². The van der Waals surface area contributed by atoms with Gasteiger partial charge >= 0.3 is 6.18 Å². The van der Waals surface area contributed by atoms with Crippen LogP contribution in [0.25, 0.3) is 0 Å². The number of alkyl halides is 3. The number of hydrazone groups is 1. The van der Waals surface area contributed by atoms with E-state index in [0.717, 1.165) is 35.4 Å². The molecule has 2 fully saturated rings. The first-order chi connectivity index (χ1) is 18.2. The van der Waals surface area contributed by atoms with Gasteiger partial charge in [0.2, 0.25) is 11.8 Å². The Morgan fingerprint density at radius 3 is 2.63 bits per heavy atom. The molecule has 1 aliphatic carbocycles. The SMILES string of the molecule is NCc1cccc(N2N=C(C(F)(F)F)CC2C(=O)Nc2cccc(C(CCC3CC3)N3CCCC3=O)c2)c1. The molecule has 1 saturated carbocycles. The topological polar surface area (TPSA) is 91.0 Å². The smallest absolute Gasteiger partial charge is 0.336 e. The number of benzene rings is 2.